The van der Waals surface area contributed by atoms with Gasteiger partial charge in [0.1, 0.15) is 5.52 Å². The maximum absolute atomic E-state index is 5.92. The van der Waals surface area contributed by atoms with E-state index in [4.69, 9.17) is 5.73 Å². The summed E-state index contributed by atoms with van der Waals surface area (Å²) in [4.78, 5) is 1.22. The van der Waals surface area contributed by atoms with E-state index < -0.39 is 0 Å². The van der Waals surface area contributed by atoms with Crippen molar-refractivity contribution in [2.24, 2.45) is 5.73 Å². The highest BCUT2D eigenvalue weighted by Crippen LogP contribution is 2.31. The van der Waals surface area contributed by atoms with Gasteiger partial charge in [-0.2, -0.15) is 0 Å². The Morgan fingerprint density at radius 1 is 1.05 bits per heavy atom. The van der Waals surface area contributed by atoms with Gasteiger partial charge in [0.15, 0.2) is 0 Å². The summed E-state index contributed by atoms with van der Waals surface area (Å²) in [6, 6.07) is 16.4. The summed E-state index contributed by atoms with van der Waals surface area (Å²) in [7, 11) is 0. The fourth-order valence-electron chi connectivity index (χ4n) is 2.67. The van der Waals surface area contributed by atoms with Gasteiger partial charge in [0.25, 0.3) is 0 Å². The van der Waals surface area contributed by atoms with Crippen LogP contribution in [0.25, 0.3) is 21.1 Å². The molecule has 2 aromatic heterocycles. The first kappa shape index (κ1) is 12.5. The van der Waals surface area contributed by atoms with Crippen LogP contribution in [-0.2, 0) is 13.1 Å². The topological polar surface area (TPSA) is 56.7 Å². The zero-order valence-corrected chi connectivity index (χ0v) is 12.2. The SMILES string of the molecule is NCc1sc2ccccc2c1Cn1nnc2ccccc21. The molecule has 0 aliphatic rings. The highest BCUT2D eigenvalue weighted by molar-refractivity contribution is 7.19. The number of hydrogen-bond acceptors (Lipinski definition) is 4. The van der Waals surface area contributed by atoms with Gasteiger partial charge >= 0.3 is 0 Å². The van der Waals surface area contributed by atoms with E-state index in [-0.39, 0.29) is 0 Å². The number of nitrogens with zero attached hydrogens (tertiary/aromatic N) is 3. The average Bonchev–Trinajstić information content (AvgIpc) is 3.10. The Morgan fingerprint density at radius 3 is 2.76 bits per heavy atom. The monoisotopic (exact) mass is 294 g/mol. The van der Waals surface area contributed by atoms with Crippen LogP contribution in [0, 0.1) is 0 Å². The predicted molar refractivity (Wildman–Crippen MR) is 86.3 cm³/mol. The summed E-state index contributed by atoms with van der Waals surface area (Å²) in [5.74, 6) is 0. The van der Waals surface area contributed by atoms with Crippen molar-refractivity contribution < 1.29 is 0 Å². The molecule has 0 fully saturated rings. The molecule has 0 saturated heterocycles. The van der Waals surface area contributed by atoms with Crippen LogP contribution in [0.5, 0.6) is 0 Å². The third kappa shape index (κ3) is 2.02. The molecule has 2 N–H and O–H groups in total. The fraction of sp³-hybridized carbons (Fsp3) is 0.125. The molecule has 0 amide bonds. The quantitative estimate of drug-likeness (QED) is 0.631. The van der Waals surface area contributed by atoms with E-state index in [2.05, 4.69) is 34.6 Å². The van der Waals surface area contributed by atoms with Crippen molar-refractivity contribution in [3.05, 3.63) is 59.0 Å². The van der Waals surface area contributed by atoms with Gasteiger partial charge in [0, 0.05) is 16.1 Å². The summed E-state index contributed by atoms with van der Waals surface area (Å²) in [6.45, 7) is 1.26. The van der Waals surface area contributed by atoms with Gasteiger partial charge in [-0.25, -0.2) is 4.68 Å². The van der Waals surface area contributed by atoms with Gasteiger partial charge in [0.05, 0.1) is 12.1 Å². The number of benzene rings is 2. The molecule has 0 radical (unpaired) electrons. The Kier molecular flexibility index (Phi) is 2.94. The molecule has 0 atom stereocenters. The van der Waals surface area contributed by atoms with Gasteiger partial charge in [-0.15, -0.1) is 16.4 Å². The van der Waals surface area contributed by atoms with E-state index in [1.165, 1.54) is 20.5 Å². The van der Waals surface area contributed by atoms with Crippen LogP contribution >= 0.6 is 11.3 Å². The first-order chi connectivity index (χ1) is 10.4. The highest BCUT2D eigenvalue weighted by Gasteiger charge is 2.13. The summed E-state index contributed by atoms with van der Waals surface area (Å²) in [6.07, 6.45) is 0. The van der Waals surface area contributed by atoms with Gasteiger partial charge < -0.3 is 5.73 Å². The molecular weight excluding hydrogens is 280 g/mol. The Hall–Kier alpha value is -2.24. The fourth-order valence-corrected chi connectivity index (χ4v) is 3.77. The number of fused-ring (bicyclic) bond motifs is 2. The van der Waals surface area contributed by atoms with Crippen molar-refractivity contribution in [3.8, 4) is 0 Å². The lowest BCUT2D eigenvalue weighted by molar-refractivity contribution is 0.670. The van der Waals surface area contributed by atoms with Crippen molar-refractivity contribution in [1.29, 1.82) is 0 Å². The number of para-hydroxylation sites is 1. The molecule has 104 valence electrons. The Balaban J connectivity index is 1.87. The Morgan fingerprint density at radius 2 is 1.86 bits per heavy atom. The zero-order chi connectivity index (χ0) is 14.2. The lowest BCUT2D eigenvalue weighted by atomic mass is 10.1. The summed E-state index contributed by atoms with van der Waals surface area (Å²) in [5, 5.41) is 9.77. The summed E-state index contributed by atoms with van der Waals surface area (Å²) in [5.41, 5.74) is 9.15. The number of nitrogens with two attached hydrogens (primary N) is 1. The lowest BCUT2D eigenvalue weighted by Gasteiger charge is -2.04. The predicted octanol–water partition coefficient (Wildman–Crippen LogP) is 3.15. The molecule has 2 aromatic carbocycles. The van der Waals surface area contributed by atoms with Gasteiger partial charge in [-0.3, -0.25) is 0 Å². The van der Waals surface area contributed by atoms with Crippen LogP contribution in [0.15, 0.2) is 48.5 Å². The Labute approximate surface area is 125 Å². The third-order valence-electron chi connectivity index (χ3n) is 3.70. The van der Waals surface area contributed by atoms with Crippen molar-refractivity contribution in [2.45, 2.75) is 13.1 Å². The van der Waals surface area contributed by atoms with E-state index in [0.717, 1.165) is 11.0 Å². The van der Waals surface area contributed by atoms with Crippen LogP contribution in [0.3, 0.4) is 0 Å². The molecule has 4 nitrogen and oxygen atoms in total. The molecule has 21 heavy (non-hydrogen) atoms. The first-order valence-corrected chi connectivity index (χ1v) is 7.66. The minimum Gasteiger partial charge on any atom is -0.326 e. The second-order valence-electron chi connectivity index (χ2n) is 4.94. The number of rotatable bonds is 3. The summed E-state index contributed by atoms with van der Waals surface area (Å²) >= 11 is 1.76. The second kappa shape index (κ2) is 4.95. The first-order valence-electron chi connectivity index (χ1n) is 6.84. The van der Waals surface area contributed by atoms with Crippen LogP contribution in [0.2, 0.25) is 0 Å². The molecule has 0 aliphatic heterocycles. The standard InChI is InChI=1S/C16H14N4S/c17-9-16-12(11-5-1-4-8-15(11)21-16)10-20-14-7-3-2-6-13(14)18-19-20/h1-8H,9-10,17H2. The number of hydrogen-bond donors (Lipinski definition) is 1. The minimum atomic E-state index is 0.557. The number of thiophene rings is 1. The van der Waals surface area contributed by atoms with E-state index >= 15 is 0 Å². The molecular formula is C16H14N4S. The second-order valence-corrected chi connectivity index (χ2v) is 6.08. The average molecular weight is 294 g/mol. The maximum atomic E-state index is 5.92. The molecule has 0 spiro atoms. The van der Waals surface area contributed by atoms with Crippen LogP contribution < -0.4 is 5.73 Å². The highest BCUT2D eigenvalue weighted by atomic mass is 32.1. The molecule has 0 unspecified atom stereocenters. The van der Waals surface area contributed by atoms with Crippen molar-refractivity contribution in [3.63, 3.8) is 0 Å². The van der Waals surface area contributed by atoms with Gasteiger partial charge in [-0.1, -0.05) is 35.5 Å². The molecule has 0 bridgehead atoms. The Bertz CT molecular complexity index is 922. The van der Waals surface area contributed by atoms with E-state index in [0.29, 0.717) is 13.1 Å². The number of aromatic nitrogens is 3. The van der Waals surface area contributed by atoms with E-state index in [9.17, 15) is 0 Å². The smallest absolute Gasteiger partial charge is 0.113 e. The summed E-state index contributed by atoms with van der Waals surface area (Å²) < 4.78 is 3.22. The van der Waals surface area contributed by atoms with Gasteiger partial charge in [0.2, 0.25) is 0 Å². The molecule has 5 heteroatoms. The largest absolute Gasteiger partial charge is 0.326 e. The van der Waals surface area contributed by atoms with Crippen LogP contribution in [-0.4, -0.2) is 15.0 Å². The molecule has 0 aliphatic carbocycles. The normalized spacial score (nSPS) is 11.5. The van der Waals surface area contributed by atoms with E-state index in [1.54, 1.807) is 11.3 Å². The lowest BCUT2D eigenvalue weighted by Crippen LogP contribution is -2.05. The van der Waals surface area contributed by atoms with E-state index in [1.807, 2.05) is 28.9 Å². The van der Waals surface area contributed by atoms with Crippen molar-refractivity contribution >= 4 is 32.5 Å². The molecule has 4 aromatic rings. The van der Waals surface area contributed by atoms with Crippen LogP contribution in [0.4, 0.5) is 0 Å². The molecule has 2 heterocycles. The minimum absolute atomic E-state index is 0.557. The third-order valence-corrected chi connectivity index (χ3v) is 4.93. The van der Waals surface area contributed by atoms with Crippen molar-refractivity contribution in [2.75, 3.05) is 0 Å². The van der Waals surface area contributed by atoms with Crippen molar-refractivity contribution in [1.82, 2.24) is 15.0 Å². The van der Waals surface area contributed by atoms with Gasteiger partial charge in [-0.05, 0) is 29.1 Å². The molecule has 4 rings (SSSR count). The maximum Gasteiger partial charge on any atom is 0.113 e. The zero-order valence-electron chi connectivity index (χ0n) is 11.4. The van der Waals surface area contributed by atoms with Crippen LogP contribution in [0.1, 0.15) is 10.4 Å². The molecule has 0 saturated carbocycles.